The highest BCUT2D eigenvalue weighted by molar-refractivity contribution is 8.09. The molecule has 2 atom stereocenters. The summed E-state index contributed by atoms with van der Waals surface area (Å²) in [6.45, 7) is 4.02. The van der Waals surface area contributed by atoms with Gasteiger partial charge in [-0.1, -0.05) is 19.9 Å². The van der Waals surface area contributed by atoms with Gasteiger partial charge in [0.05, 0.1) is 25.8 Å². The Balaban J connectivity index is 2.83. The van der Waals surface area contributed by atoms with Crippen LogP contribution in [-0.4, -0.2) is 19.9 Å². The summed E-state index contributed by atoms with van der Waals surface area (Å²) < 4.78 is 23.4. The van der Waals surface area contributed by atoms with Crippen molar-refractivity contribution in [2.45, 2.75) is 20.3 Å². The molecule has 2 unspecified atom stereocenters. The van der Waals surface area contributed by atoms with E-state index in [1.54, 1.807) is 0 Å². The summed E-state index contributed by atoms with van der Waals surface area (Å²) in [7, 11) is -1.94. The third kappa shape index (κ3) is 2.52. The summed E-state index contributed by atoms with van der Waals surface area (Å²) in [6, 6.07) is 0. The molecule has 2 nitrogen and oxygen atoms in total. The molecule has 0 aromatic heterocycles. The molecule has 1 saturated heterocycles. The molecule has 1 aliphatic rings. The molecule has 0 aliphatic carbocycles. The Morgan fingerprint density at radius 1 is 1.25 bits per heavy atom. The summed E-state index contributed by atoms with van der Waals surface area (Å²) in [5, 5.41) is 0. The van der Waals surface area contributed by atoms with Gasteiger partial charge in [-0.3, -0.25) is 8.42 Å². The van der Waals surface area contributed by atoms with Crippen molar-refractivity contribution in [3.8, 4) is 0 Å². The minimum Gasteiger partial charge on any atom is -0.254 e. The van der Waals surface area contributed by atoms with Crippen molar-refractivity contribution in [3.05, 3.63) is 10.3 Å². The lowest BCUT2D eigenvalue weighted by molar-refractivity contribution is 0.676. The number of rotatable bonds is 1. The molecular formula is C8H14O2S2. The molecule has 1 heterocycles. The molecule has 12 heavy (non-hydrogen) atoms. The molecule has 1 fully saturated rings. The summed E-state index contributed by atoms with van der Waals surface area (Å²) >= 11 is 0. The molecular weight excluding hydrogens is 192 g/mol. The largest absolute Gasteiger partial charge is 0.254 e. The Morgan fingerprint density at radius 3 is 2.17 bits per heavy atom. The minimum absolute atomic E-state index is 0.339. The maximum absolute atomic E-state index is 11.4. The van der Waals surface area contributed by atoms with Gasteiger partial charge < -0.3 is 0 Å². The van der Waals surface area contributed by atoms with E-state index in [1.807, 2.05) is 19.9 Å². The molecule has 0 amide bonds. The Morgan fingerprint density at radius 2 is 1.75 bits per heavy atom. The van der Waals surface area contributed by atoms with Crippen LogP contribution in [0.1, 0.15) is 20.3 Å². The molecule has 0 aromatic rings. The molecule has 0 spiro atoms. The Kier molecular flexibility index (Phi) is 3.65. The van der Waals surface area contributed by atoms with E-state index in [0.29, 0.717) is 21.7 Å². The second-order valence-corrected chi connectivity index (χ2v) is 6.52. The molecule has 1 rings (SSSR count). The third-order valence-electron chi connectivity index (χ3n) is 1.58. The SMILES string of the molecule is CC(C)C=C1S(=O)CCCS1=O. The van der Waals surface area contributed by atoms with E-state index in [9.17, 15) is 8.42 Å². The van der Waals surface area contributed by atoms with Crippen molar-refractivity contribution in [1.82, 2.24) is 0 Å². The average Bonchev–Trinajstić information content (AvgIpc) is 1.97. The van der Waals surface area contributed by atoms with Crippen LogP contribution in [0.3, 0.4) is 0 Å². The highest BCUT2D eigenvalue weighted by Gasteiger charge is 2.20. The zero-order valence-corrected chi connectivity index (χ0v) is 9.04. The van der Waals surface area contributed by atoms with Gasteiger partial charge in [-0.25, -0.2) is 0 Å². The third-order valence-corrected chi connectivity index (χ3v) is 5.18. The van der Waals surface area contributed by atoms with Crippen LogP contribution >= 0.6 is 0 Å². The van der Waals surface area contributed by atoms with Crippen LogP contribution in [0, 0.1) is 5.92 Å². The summed E-state index contributed by atoms with van der Waals surface area (Å²) in [5.41, 5.74) is 0. The van der Waals surface area contributed by atoms with Crippen LogP contribution in [0.2, 0.25) is 0 Å². The lowest BCUT2D eigenvalue weighted by atomic mass is 10.2. The molecule has 0 bridgehead atoms. The first-order chi connectivity index (χ1) is 5.61. The summed E-state index contributed by atoms with van der Waals surface area (Å²) in [6.07, 6.45) is 2.71. The van der Waals surface area contributed by atoms with Crippen molar-refractivity contribution in [2.75, 3.05) is 11.5 Å². The van der Waals surface area contributed by atoms with E-state index in [1.165, 1.54) is 0 Å². The van der Waals surface area contributed by atoms with E-state index in [-0.39, 0.29) is 0 Å². The fraction of sp³-hybridized carbons (Fsp3) is 0.750. The number of allylic oxidation sites excluding steroid dienone is 1. The van der Waals surface area contributed by atoms with Crippen molar-refractivity contribution in [2.24, 2.45) is 5.92 Å². The normalized spacial score (nSPS) is 30.8. The first kappa shape index (κ1) is 10.1. The van der Waals surface area contributed by atoms with Gasteiger partial charge in [0.1, 0.15) is 0 Å². The molecule has 70 valence electrons. The van der Waals surface area contributed by atoms with Crippen molar-refractivity contribution >= 4 is 21.6 Å². The number of hydrogen-bond donors (Lipinski definition) is 0. The molecule has 0 aromatic carbocycles. The van der Waals surface area contributed by atoms with Gasteiger partial charge in [0.25, 0.3) is 0 Å². The van der Waals surface area contributed by atoms with E-state index < -0.39 is 21.6 Å². The molecule has 0 radical (unpaired) electrons. The van der Waals surface area contributed by atoms with Crippen LogP contribution in [-0.2, 0) is 21.6 Å². The maximum atomic E-state index is 11.4. The fourth-order valence-electron chi connectivity index (χ4n) is 1.05. The van der Waals surface area contributed by atoms with Gasteiger partial charge in [0.2, 0.25) is 0 Å². The fourth-order valence-corrected chi connectivity index (χ4v) is 4.63. The smallest absolute Gasteiger partial charge is 0.0991 e. The zero-order chi connectivity index (χ0) is 9.14. The van der Waals surface area contributed by atoms with Crippen molar-refractivity contribution in [1.29, 1.82) is 0 Å². The average molecular weight is 206 g/mol. The van der Waals surface area contributed by atoms with Gasteiger partial charge >= 0.3 is 0 Å². The Hall–Kier alpha value is 0.0400. The summed E-state index contributed by atoms with van der Waals surface area (Å²) in [5.74, 6) is 1.71. The zero-order valence-electron chi connectivity index (χ0n) is 7.41. The Labute approximate surface area is 78.3 Å². The molecule has 1 aliphatic heterocycles. The predicted molar refractivity (Wildman–Crippen MR) is 53.6 cm³/mol. The maximum Gasteiger partial charge on any atom is 0.0991 e. The van der Waals surface area contributed by atoms with Crippen LogP contribution in [0.15, 0.2) is 10.3 Å². The molecule has 0 saturated carbocycles. The van der Waals surface area contributed by atoms with Gasteiger partial charge in [0, 0.05) is 11.5 Å². The first-order valence-corrected chi connectivity index (χ1v) is 6.73. The lowest BCUT2D eigenvalue weighted by Crippen LogP contribution is -2.17. The molecule has 4 heteroatoms. The van der Waals surface area contributed by atoms with E-state index in [4.69, 9.17) is 0 Å². The van der Waals surface area contributed by atoms with E-state index >= 15 is 0 Å². The lowest BCUT2D eigenvalue weighted by Gasteiger charge is -2.13. The van der Waals surface area contributed by atoms with Crippen LogP contribution in [0.25, 0.3) is 0 Å². The van der Waals surface area contributed by atoms with Crippen LogP contribution in [0.4, 0.5) is 0 Å². The second kappa shape index (κ2) is 4.33. The van der Waals surface area contributed by atoms with Crippen molar-refractivity contribution < 1.29 is 8.42 Å². The van der Waals surface area contributed by atoms with Crippen LogP contribution < -0.4 is 0 Å². The van der Waals surface area contributed by atoms with Gasteiger partial charge in [-0.2, -0.15) is 0 Å². The summed E-state index contributed by atoms with van der Waals surface area (Å²) in [4.78, 5) is 0. The first-order valence-electron chi connectivity index (χ1n) is 4.10. The highest BCUT2D eigenvalue weighted by Crippen LogP contribution is 2.18. The van der Waals surface area contributed by atoms with Gasteiger partial charge in [-0.05, 0) is 12.3 Å². The van der Waals surface area contributed by atoms with E-state index in [2.05, 4.69) is 0 Å². The van der Waals surface area contributed by atoms with Crippen molar-refractivity contribution in [3.63, 3.8) is 0 Å². The second-order valence-electron chi connectivity index (χ2n) is 3.18. The van der Waals surface area contributed by atoms with Gasteiger partial charge in [-0.15, -0.1) is 0 Å². The standard InChI is InChI=1S/C8H14O2S2/c1-7(2)6-8-11(9)4-3-5-12(8)10/h6-7H,3-5H2,1-2H3. The minimum atomic E-state index is -0.968. The van der Waals surface area contributed by atoms with E-state index in [0.717, 1.165) is 6.42 Å². The van der Waals surface area contributed by atoms with Gasteiger partial charge in [0.15, 0.2) is 0 Å². The monoisotopic (exact) mass is 206 g/mol. The topological polar surface area (TPSA) is 34.1 Å². The molecule has 0 N–H and O–H groups in total. The quantitative estimate of drug-likeness (QED) is 0.649. The predicted octanol–water partition coefficient (Wildman–Crippen LogP) is 1.38. The highest BCUT2D eigenvalue weighted by atomic mass is 32.2. The Bertz CT molecular complexity index is 225. The van der Waals surface area contributed by atoms with Crippen LogP contribution in [0.5, 0.6) is 0 Å². The number of hydrogen-bond acceptors (Lipinski definition) is 2.